The number of halogens is 1. The van der Waals surface area contributed by atoms with Gasteiger partial charge in [0.05, 0.1) is 35.3 Å². The summed E-state index contributed by atoms with van der Waals surface area (Å²) < 4.78 is 22.9. The standard InChI is InChI=1S/C21H25BrN2O5/c1-6-26-16-9-13(8-15(22)19(16)28-11(3)4)18-14(10-23)20(24)29-12(5)17(18)21(25)27-7-2/h8-9,11,18H,6-7,24H2,1-5H3. The molecule has 0 radical (unpaired) electrons. The van der Waals surface area contributed by atoms with Crippen molar-refractivity contribution >= 4 is 21.9 Å². The molecule has 7 nitrogen and oxygen atoms in total. The predicted molar refractivity (Wildman–Crippen MR) is 111 cm³/mol. The molecule has 0 fully saturated rings. The molecule has 0 saturated heterocycles. The number of allylic oxidation sites excluding steroid dienone is 2. The highest BCUT2D eigenvalue weighted by Gasteiger charge is 2.37. The number of nitriles is 1. The molecule has 1 aromatic rings. The second kappa shape index (κ2) is 9.70. The minimum atomic E-state index is -0.753. The van der Waals surface area contributed by atoms with Crippen molar-refractivity contribution in [1.82, 2.24) is 0 Å². The van der Waals surface area contributed by atoms with Gasteiger partial charge in [0.25, 0.3) is 0 Å². The van der Waals surface area contributed by atoms with Crippen molar-refractivity contribution in [3.8, 4) is 17.6 Å². The Labute approximate surface area is 179 Å². The largest absolute Gasteiger partial charge is 0.490 e. The first-order valence-corrected chi connectivity index (χ1v) is 10.1. The number of benzene rings is 1. The van der Waals surface area contributed by atoms with Gasteiger partial charge in [0.15, 0.2) is 11.5 Å². The van der Waals surface area contributed by atoms with Gasteiger partial charge < -0.3 is 24.7 Å². The number of nitrogens with zero attached hydrogens (tertiary/aromatic N) is 1. The SMILES string of the molecule is CCOC(=O)C1=C(C)OC(N)=C(C#N)C1c1cc(Br)c(OC(C)C)c(OCC)c1. The van der Waals surface area contributed by atoms with Gasteiger partial charge >= 0.3 is 5.97 Å². The number of carbonyl (C=O) groups excluding carboxylic acids is 1. The fraction of sp³-hybridized carbons (Fsp3) is 0.429. The van der Waals surface area contributed by atoms with Crippen molar-refractivity contribution < 1.29 is 23.7 Å². The van der Waals surface area contributed by atoms with Gasteiger partial charge in [-0.3, -0.25) is 0 Å². The lowest BCUT2D eigenvalue weighted by Gasteiger charge is -2.28. The minimum absolute atomic E-state index is 0.0420. The first kappa shape index (κ1) is 22.6. The van der Waals surface area contributed by atoms with Crippen LogP contribution in [0.15, 0.2) is 39.4 Å². The first-order valence-electron chi connectivity index (χ1n) is 9.33. The van der Waals surface area contributed by atoms with Crippen LogP contribution in [-0.2, 0) is 14.3 Å². The van der Waals surface area contributed by atoms with E-state index in [-0.39, 0.29) is 29.7 Å². The molecule has 29 heavy (non-hydrogen) atoms. The van der Waals surface area contributed by atoms with Crippen LogP contribution in [0.1, 0.15) is 46.1 Å². The lowest BCUT2D eigenvalue weighted by atomic mass is 9.83. The highest BCUT2D eigenvalue weighted by Crippen LogP contribution is 2.45. The Morgan fingerprint density at radius 3 is 2.59 bits per heavy atom. The number of hydrogen-bond donors (Lipinski definition) is 1. The molecule has 1 aliphatic rings. The molecule has 1 aromatic carbocycles. The van der Waals surface area contributed by atoms with Gasteiger partial charge in [-0.15, -0.1) is 0 Å². The van der Waals surface area contributed by atoms with Crippen molar-refractivity contribution in [1.29, 1.82) is 5.26 Å². The van der Waals surface area contributed by atoms with Crippen LogP contribution in [-0.4, -0.2) is 25.3 Å². The van der Waals surface area contributed by atoms with Gasteiger partial charge in [0.1, 0.15) is 17.4 Å². The molecule has 156 valence electrons. The topological polar surface area (TPSA) is 104 Å². The lowest BCUT2D eigenvalue weighted by molar-refractivity contribution is -0.139. The molecule has 2 N–H and O–H groups in total. The lowest BCUT2D eigenvalue weighted by Crippen LogP contribution is -2.25. The molecular weight excluding hydrogens is 440 g/mol. The second-order valence-corrected chi connectivity index (χ2v) is 7.40. The van der Waals surface area contributed by atoms with Gasteiger partial charge in [-0.05, 0) is 68.2 Å². The summed E-state index contributed by atoms with van der Waals surface area (Å²) in [6.07, 6.45) is -0.0677. The molecule has 0 spiro atoms. The zero-order valence-electron chi connectivity index (χ0n) is 17.2. The van der Waals surface area contributed by atoms with E-state index in [4.69, 9.17) is 24.7 Å². The third-order valence-corrected chi connectivity index (χ3v) is 4.71. The molecule has 0 aliphatic carbocycles. The van der Waals surface area contributed by atoms with Crippen LogP contribution < -0.4 is 15.2 Å². The summed E-state index contributed by atoms with van der Waals surface area (Å²) in [5.41, 5.74) is 6.94. The van der Waals surface area contributed by atoms with E-state index < -0.39 is 11.9 Å². The maximum absolute atomic E-state index is 12.7. The van der Waals surface area contributed by atoms with Crippen LogP contribution in [0.5, 0.6) is 11.5 Å². The first-order chi connectivity index (χ1) is 13.7. The molecule has 1 unspecified atom stereocenters. The smallest absolute Gasteiger partial charge is 0.338 e. The molecule has 0 amide bonds. The van der Waals surface area contributed by atoms with E-state index in [0.29, 0.717) is 33.9 Å². The van der Waals surface area contributed by atoms with Crippen molar-refractivity contribution in [3.05, 3.63) is 45.0 Å². The Bertz CT molecular complexity index is 899. The Morgan fingerprint density at radius 2 is 2.03 bits per heavy atom. The number of carbonyl (C=O) groups is 1. The monoisotopic (exact) mass is 464 g/mol. The summed E-state index contributed by atoms with van der Waals surface area (Å²) in [4.78, 5) is 12.7. The third kappa shape index (κ3) is 4.85. The highest BCUT2D eigenvalue weighted by atomic mass is 79.9. The molecule has 8 heteroatoms. The molecular formula is C21H25BrN2O5. The summed E-state index contributed by atoms with van der Waals surface area (Å²) in [6, 6.07) is 5.60. The zero-order chi connectivity index (χ0) is 21.7. The Kier molecular flexibility index (Phi) is 7.57. The van der Waals surface area contributed by atoms with Crippen molar-refractivity contribution in [3.63, 3.8) is 0 Å². The van der Waals surface area contributed by atoms with Gasteiger partial charge in [0.2, 0.25) is 5.88 Å². The third-order valence-electron chi connectivity index (χ3n) is 4.12. The van der Waals surface area contributed by atoms with Crippen LogP contribution in [0, 0.1) is 11.3 Å². The van der Waals surface area contributed by atoms with Crippen LogP contribution in [0.25, 0.3) is 0 Å². The highest BCUT2D eigenvalue weighted by molar-refractivity contribution is 9.10. The fourth-order valence-corrected chi connectivity index (χ4v) is 3.61. The average Bonchev–Trinajstić information content (AvgIpc) is 2.63. The van der Waals surface area contributed by atoms with Gasteiger partial charge in [0, 0.05) is 0 Å². The van der Waals surface area contributed by atoms with E-state index in [1.165, 1.54) is 0 Å². The van der Waals surface area contributed by atoms with Crippen LogP contribution >= 0.6 is 15.9 Å². The van der Waals surface area contributed by atoms with E-state index in [1.807, 2.05) is 20.8 Å². The van der Waals surface area contributed by atoms with Crippen LogP contribution in [0.2, 0.25) is 0 Å². The van der Waals surface area contributed by atoms with Crippen molar-refractivity contribution in [2.75, 3.05) is 13.2 Å². The molecule has 1 atom stereocenters. The summed E-state index contributed by atoms with van der Waals surface area (Å²) >= 11 is 3.52. The number of rotatable bonds is 7. The summed E-state index contributed by atoms with van der Waals surface area (Å²) in [7, 11) is 0. The van der Waals surface area contributed by atoms with Crippen LogP contribution in [0.4, 0.5) is 0 Å². The maximum atomic E-state index is 12.7. The number of ether oxygens (including phenoxy) is 4. The van der Waals surface area contributed by atoms with Crippen LogP contribution in [0.3, 0.4) is 0 Å². The number of hydrogen-bond acceptors (Lipinski definition) is 7. The molecule has 1 heterocycles. The summed E-state index contributed by atoms with van der Waals surface area (Å²) in [6.45, 7) is 9.63. The second-order valence-electron chi connectivity index (χ2n) is 6.54. The fourth-order valence-electron chi connectivity index (χ4n) is 3.06. The van der Waals surface area contributed by atoms with E-state index in [2.05, 4.69) is 22.0 Å². The summed E-state index contributed by atoms with van der Waals surface area (Å²) in [5.74, 6) is -0.0234. The number of nitrogens with two attached hydrogens (primary N) is 1. The van der Waals surface area contributed by atoms with Gasteiger partial charge in [-0.2, -0.15) is 5.26 Å². The van der Waals surface area contributed by atoms with E-state index in [1.54, 1.807) is 26.0 Å². The predicted octanol–water partition coefficient (Wildman–Crippen LogP) is 4.28. The Balaban J connectivity index is 2.70. The molecule has 0 saturated carbocycles. The maximum Gasteiger partial charge on any atom is 0.338 e. The number of esters is 1. The molecule has 0 bridgehead atoms. The summed E-state index contributed by atoms with van der Waals surface area (Å²) in [5, 5.41) is 9.71. The molecule has 1 aliphatic heterocycles. The van der Waals surface area contributed by atoms with E-state index in [0.717, 1.165) is 0 Å². The Hall–Kier alpha value is -2.66. The molecule has 2 rings (SSSR count). The molecule has 0 aromatic heterocycles. The van der Waals surface area contributed by atoms with E-state index >= 15 is 0 Å². The van der Waals surface area contributed by atoms with Gasteiger partial charge in [-0.25, -0.2) is 4.79 Å². The van der Waals surface area contributed by atoms with E-state index in [9.17, 15) is 10.1 Å². The average molecular weight is 465 g/mol. The van der Waals surface area contributed by atoms with Gasteiger partial charge in [-0.1, -0.05) is 0 Å². The van der Waals surface area contributed by atoms with Crippen molar-refractivity contribution in [2.24, 2.45) is 5.73 Å². The zero-order valence-corrected chi connectivity index (χ0v) is 18.8. The minimum Gasteiger partial charge on any atom is -0.490 e. The van der Waals surface area contributed by atoms with Crippen molar-refractivity contribution in [2.45, 2.75) is 46.6 Å². The Morgan fingerprint density at radius 1 is 1.34 bits per heavy atom. The quantitative estimate of drug-likeness (QED) is 0.600. The normalized spacial score (nSPS) is 16.4.